The third kappa shape index (κ3) is 3.07. The topological polar surface area (TPSA) is 52.1 Å². The van der Waals surface area contributed by atoms with E-state index in [-0.39, 0.29) is 0 Å². The smallest absolute Gasteiger partial charge is 0.343 e. The number of fused-ring (bicyclic) bond motifs is 4. The Labute approximate surface area is 174 Å². The third-order valence-corrected chi connectivity index (χ3v) is 5.31. The normalized spacial score (nSPS) is 11.2. The van der Waals surface area contributed by atoms with Crippen molar-refractivity contribution in [2.24, 2.45) is 0 Å². The van der Waals surface area contributed by atoms with Gasteiger partial charge >= 0.3 is 5.97 Å². The molecule has 5 heteroatoms. The van der Waals surface area contributed by atoms with E-state index in [0.717, 1.165) is 30.9 Å². The molecule has 5 aromatic rings. The van der Waals surface area contributed by atoms with E-state index in [1.165, 1.54) is 0 Å². The monoisotopic (exact) mass is 476 g/mol. The zero-order valence-corrected chi connectivity index (χ0v) is 16.8. The molecule has 0 N–H and O–H groups in total. The van der Waals surface area contributed by atoms with Crippen molar-refractivity contribution >= 4 is 61.4 Å². The Morgan fingerprint density at radius 1 is 0.786 bits per heavy atom. The number of aromatic nitrogens is 2. The van der Waals surface area contributed by atoms with Crippen LogP contribution in [-0.4, -0.2) is 15.9 Å². The van der Waals surface area contributed by atoms with Gasteiger partial charge in [0.1, 0.15) is 5.75 Å². The Hall–Kier alpha value is -3.06. The van der Waals surface area contributed by atoms with E-state index in [1.54, 1.807) is 24.3 Å². The van der Waals surface area contributed by atoms with Crippen molar-refractivity contribution in [3.63, 3.8) is 0 Å². The largest absolute Gasteiger partial charge is 0.423 e. The molecule has 28 heavy (non-hydrogen) atoms. The van der Waals surface area contributed by atoms with Gasteiger partial charge in [-0.05, 0) is 76.5 Å². The van der Waals surface area contributed by atoms with Gasteiger partial charge in [0.2, 0.25) is 0 Å². The molecule has 4 aromatic carbocycles. The van der Waals surface area contributed by atoms with Crippen LogP contribution in [0.4, 0.5) is 0 Å². The van der Waals surface area contributed by atoms with Crippen molar-refractivity contribution in [2.45, 2.75) is 0 Å². The minimum atomic E-state index is -0.414. The van der Waals surface area contributed by atoms with Gasteiger partial charge in [0, 0.05) is 8.96 Å². The van der Waals surface area contributed by atoms with Crippen molar-refractivity contribution in [1.82, 2.24) is 9.97 Å². The maximum absolute atomic E-state index is 12.5. The molecule has 0 saturated carbocycles. The van der Waals surface area contributed by atoms with Gasteiger partial charge in [-0.3, -0.25) is 0 Å². The molecule has 0 aliphatic heterocycles. The fourth-order valence-corrected chi connectivity index (χ4v) is 3.56. The van der Waals surface area contributed by atoms with Gasteiger partial charge in [-0.2, -0.15) is 0 Å². The van der Waals surface area contributed by atoms with Crippen LogP contribution in [0.5, 0.6) is 5.75 Å². The van der Waals surface area contributed by atoms with Crippen LogP contribution in [0.1, 0.15) is 10.4 Å². The van der Waals surface area contributed by atoms with Gasteiger partial charge in [0.15, 0.2) is 0 Å². The van der Waals surface area contributed by atoms with Gasteiger partial charge in [-0.1, -0.05) is 30.3 Å². The van der Waals surface area contributed by atoms with Crippen LogP contribution >= 0.6 is 22.6 Å². The van der Waals surface area contributed by atoms with E-state index in [1.807, 2.05) is 48.5 Å². The van der Waals surface area contributed by atoms with Crippen LogP contribution in [0.25, 0.3) is 32.8 Å². The molecule has 0 saturated heterocycles. The van der Waals surface area contributed by atoms with Gasteiger partial charge in [-0.15, -0.1) is 0 Å². The standard InChI is InChI=1S/C23H13IN2O2/c24-16-7-9-17(10-8-16)28-23(27)15-6-11-19-21(13-15)26-22-18-4-2-1-3-14(18)5-12-20(22)25-19/h1-13H. The molecule has 0 bridgehead atoms. The van der Waals surface area contributed by atoms with Crippen LogP contribution in [0.15, 0.2) is 78.9 Å². The summed E-state index contributed by atoms with van der Waals surface area (Å²) in [7, 11) is 0. The summed E-state index contributed by atoms with van der Waals surface area (Å²) < 4.78 is 6.55. The summed E-state index contributed by atoms with van der Waals surface area (Å²) in [4.78, 5) is 22.0. The summed E-state index contributed by atoms with van der Waals surface area (Å²) in [5, 5.41) is 2.15. The number of hydrogen-bond donors (Lipinski definition) is 0. The average Bonchev–Trinajstić information content (AvgIpc) is 2.73. The highest BCUT2D eigenvalue weighted by molar-refractivity contribution is 14.1. The quantitative estimate of drug-likeness (QED) is 0.107. The number of nitrogens with zero attached hydrogens (tertiary/aromatic N) is 2. The van der Waals surface area contributed by atoms with Crippen LogP contribution in [0.2, 0.25) is 0 Å². The van der Waals surface area contributed by atoms with Crippen molar-refractivity contribution in [1.29, 1.82) is 0 Å². The van der Waals surface area contributed by atoms with Crippen molar-refractivity contribution in [2.75, 3.05) is 0 Å². The fourth-order valence-electron chi connectivity index (χ4n) is 3.20. The second-order valence-corrected chi connectivity index (χ2v) is 7.67. The maximum Gasteiger partial charge on any atom is 0.343 e. The molecule has 5 rings (SSSR count). The van der Waals surface area contributed by atoms with Crippen LogP contribution in [0.3, 0.4) is 0 Å². The number of carbonyl (C=O) groups is 1. The molecule has 0 aliphatic carbocycles. The highest BCUT2D eigenvalue weighted by atomic mass is 127. The molecule has 0 aliphatic rings. The molecule has 0 spiro atoms. The Kier molecular flexibility index (Phi) is 4.16. The first-order chi connectivity index (χ1) is 13.7. The molecule has 1 aromatic heterocycles. The van der Waals surface area contributed by atoms with Crippen molar-refractivity contribution < 1.29 is 9.53 Å². The number of hydrogen-bond acceptors (Lipinski definition) is 4. The zero-order valence-electron chi connectivity index (χ0n) is 14.6. The van der Waals surface area contributed by atoms with E-state index >= 15 is 0 Å². The van der Waals surface area contributed by atoms with E-state index in [0.29, 0.717) is 16.8 Å². The number of benzene rings is 4. The highest BCUT2D eigenvalue weighted by Gasteiger charge is 2.12. The zero-order chi connectivity index (χ0) is 19.1. The summed E-state index contributed by atoms with van der Waals surface area (Å²) in [6.07, 6.45) is 0. The molecule has 0 atom stereocenters. The van der Waals surface area contributed by atoms with E-state index in [2.05, 4.69) is 28.7 Å². The SMILES string of the molecule is O=C(Oc1ccc(I)cc1)c1ccc2nc3ccc4ccccc4c3nc2c1. The average molecular weight is 476 g/mol. The van der Waals surface area contributed by atoms with E-state index in [9.17, 15) is 4.79 Å². The summed E-state index contributed by atoms with van der Waals surface area (Å²) >= 11 is 2.21. The Bertz CT molecular complexity index is 1360. The lowest BCUT2D eigenvalue weighted by molar-refractivity contribution is 0.0735. The highest BCUT2D eigenvalue weighted by Crippen LogP contribution is 2.25. The van der Waals surface area contributed by atoms with Gasteiger partial charge in [0.05, 0.1) is 27.6 Å². The minimum absolute atomic E-state index is 0.414. The molecule has 0 amide bonds. The van der Waals surface area contributed by atoms with Crippen LogP contribution in [-0.2, 0) is 0 Å². The molecule has 0 fully saturated rings. The van der Waals surface area contributed by atoms with E-state index in [4.69, 9.17) is 14.7 Å². The molecule has 0 radical (unpaired) electrons. The molecule has 4 nitrogen and oxygen atoms in total. The lowest BCUT2D eigenvalue weighted by Crippen LogP contribution is -2.08. The summed E-state index contributed by atoms with van der Waals surface area (Å²) in [5.41, 5.74) is 3.52. The molecular weight excluding hydrogens is 463 g/mol. The number of halogens is 1. The maximum atomic E-state index is 12.5. The summed E-state index contributed by atoms with van der Waals surface area (Å²) in [5.74, 6) is 0.101. The van der Waals surface area contributed by atoms with Gasteiger partial charge in [0.25, 0.3) is 0 Å². The number of ether oxygens (including phenoxy) is 1. The number of esters is 1. The lowest BCUT2D eigenvalue weighted by atomic mass is 10.1. The third-order valence-electron chi connectivity index (χ3n) is 4.59. The lowest BCUT2D eigenvalue weighted by Gasteiger charge is -2.07. The van der Waals surface area contributed by atoms with Crippen LogP contribution in [0, 0.1) is 3.57 Å². The fraction of sp³-hybridized carbons (Fsp3) is 0. The second kappa shape index (κ2) is 6.83. The minimum Gasteiger partial charge on any atom is -0.423 e. The van der Waals surface area contributed by atoms with Crippen molar-refractivity contribution in [3.05, 3.63) is 88.0 Å². The van der Waals surface area contributed by atoms with Crippen LogP contribution < -0.4 is 4.74 Å². The number of carbonyl (C=O) groups excluding carboxylic acids is 1. The Morgan fingerprint density at radius 2 is 1.57 bits per heavy atom. The molecule has 1 heterocycles. The predicted molar refractivity (Wildman–Crippen MR) is 119 cm³/mol. The molecule has 0 unspecified atom stereocenters. The Balaban J connectivity index is 1.59. The first-order valence-corrected chi connectivity index (χ1v) is 9.82. The Morgan fingerprint density at radius 3 is 2.43 bits per heavy atom. The summed E-state index contributed by atoms with van der Waals surface area (Å²) in [6, 6.07) is 24.7. The first kappa shape index (κ1) is 17.1. The predicted octanol–water partition coefficient (Wildman–Crippen LogP) is 5.76. The van der Waals surface area contributed by atoms with E-state index < -0.39 is 5.97 Å². The second-order valence-electron chi connectivity index (χ2n) is 6.42. The molecule has 134 valence electrons. The first-order valence-electron chi connectivity index (χ1n) is 8.74. The molecular formula is C23H13IN2O2. The van der Waals surface area contributed by atoms with Crippen molar-refractivity contribution in [3.8, 4) is 5.75 Å². The summed E-state index contributed by atoms with van der Waals surface area (Å²) in [6.45, 7) is 0. The number of rotatable bonds is 2. The van der Waals surface area contributed by atoms with Gasteiger partial charge in [-0.25, -0.2) is 14.8 Å². The van der Waals surface area contributed by atoms with Gasteiger partial charge < -0.3 is 4.74 Å².